The molecule has 0 N–H and O–H groups in total. The van der Waals surface area contributed by atoms with Gasteiger partial charge in [0, 0.05) is 12.4 Å². The summed E-state index contributed by atoms with van der Waals surface area (Å²) in [5.41, 5.74) is 2.07. The van der Waals surface area contributed by atoms with Crippen molar-refractivity contribution in [2.75, 3.05) is 0 Å². The summed E-state index contributed by atoms with van der Waals surface area (Å²) in [6.45, 7) is 0.207. The number of hydrogen-bond acceptors (Lipinski definition) is 6. The first kappa shape index (κ1) is 18.6. The van der Waals surface area contributed by atoms with E-state index in [-0.39, 0.29) is 23.3 Å². The second-order valence-corrected chi connectivity index (χ2v) is 6.84. The number of aromatic nitrogens is 2. The minimum atomic E-state index is -0.840. The molecular weight excluding hydrogens is 398 g/mol. The Labute approximate surface area is 176 Å². The number of ether oxygens (including phenoxy) is 1. The summed E-state index contributed by atoms with van der Waals surface area (Å²) in [4.78, 5) is 46.8. The number of pyridine rings is 1. The van der Waals surface area contributed by atoms with Gasteiger partial charge in [-0.1, -0.05) is 29.3 Å². The van der Waals surface area contributed by atoms with Crippen LogP contribution in [0.3, 0.4) is 0 Å². The van der Waals surface area contributed by atoms with E-state index in [1.807, 2.05) is 35.0 Å². The quantitative estimate of drug-likeness (QED) is 0.467. The summed E-state index contributed by atoms with van der Waals surface area (Å²) >= 11 is 0. The highest BCUT2D eigenvalue weighted by atomic mass is 16.7. The third-order valence-corrected chi connectivity index (χ3v) is 4.80. The molecule has 1 aliphatic rings. The summed E-state index contributed by atoms with van der Waals surface area (Å²) < 4.78 is 7.63. The van der Waals surface area contributed by atoms with Crippen molar-refractivity contribution in [2.45, 2.75) is 6.61 Å². The lowest BCUT2D eigenvalue weighted by atomic mass is 10.1. The molecule has 0 saturated carbocycles. The Morgan fingerprint density at radius 2 is 1.65 bits per heavy atom. The van der Waals surface area contributed by atoms with Gasteiger partial charge in [-0.3, -0.25) is 9.59 Å². The fourth-order valence-corrected chi connectivity index (χ4v) is 3.31. The van der Waals surface area contributed by atoms with Gasteiger partial charge in [-0.2, -0.15) is 0 Å². The molecule has 5 rings (SSSR count). The Bertz CT molecular complexity index is 1280. The Balaban J connectivity index is 1.28. The maximum atomic E-state index is 12.5. The van der Waals surface area contributed by atoms with Gasteiger partial charge in [0.15, 0.2) is 0 Å². The van der Waals surface area contributed by atoms with Gasteiger partial charge in [0.2, 0.25) is 0 Å². The second kappa shape index (κ2) is 7.42. The average molecular weight is 413 g/mol. The predicted molar refractivity (Wildman–Crippen MR) is 108 cm³/mol. The van der Waals surface area contributed by atoms with Crippen molar-refractivity contribution in [1.82, 2.24) is 14.4 Å². The fraction of sp³-hybridized carbons (Fsp3) is 0.0435. The molecule has 152 valence electrons. The van der Waals surface area contributed by atoms with Crippen LogP contribution in [0, 0.1) is 0 Å². The van der Waals surface area contributed by atoms with Crippen molar-refractivity contribution in [2.24, 2.45) is 0 Å². The summed E-state index contributed by atoms with van der Waals surface area (Å²) in [6.07, 6.45) is 3.75. The molecule has 1 aliphatic heterocycles. The molecule has 0 unspecified atom stereocenters. The van der Waals surface area contributed by atoms with Gasteiger partial charge < -0.3 is 14.0 Å². The first-order chi connectivity index (χ1) is 15.1. The van der Waals surface area contributed by atoms with Crippen molar-refractivity contribution in [1.29, 1.82) is 0 Å². The third kappa shape index (κ3) is 3.40. The Morgan fingerprint density at radius 1 is 0.903 bits per heavy atom. The minimum Gasteiger partial charge on any atom is -0.487 e. The van der Waals surface area contributed by atoms with Crippen LogP contribution in [0.2, 0.25) is 0 Å². The lowest BCUT2D eigenvalue weighted by Gasteiger charge is -2.13. The van der Waals surface area contributed by atoms with E-state index in [4.69, 9.17) is 9.57 Å². The molecule has 0 spiro atoms. The molecule has 0 bridgehead atoms. The van der Waals surface area contributed by atoms with Gasteiger partial charge in [-0.05, 0) is 42.5 Å². The molecule has 0 radical (unpaired) electrons. The number of carbonyl (C=O) groups excluding carboxylic acids is 3. The number of hydrogen-bond donors (Lipinski definition) is 0. The SMILES string of the molecule is O=C(ON1C(=O)c2ccccc2C1=O)c1cccc(OCc2cn3ccccc3n2)c1. The number of amides is 2. The highest BCUT2D eigenvalue weighted by Crippen LogP contribution is 2.24. The highest BCUT2D eigenvalue weighted by Gasteiger charge is 2.38. The standard InChI is InChI=1S/C23H15N3O5/c27-21-18-8-1-2-9-19(18)22(28)26(21)31-23(29)15-6-5-7-17(12-15)30-14-16-13-25-11-4-3-10-20(25)24-16/h1-13H,14H2. The van der Waals surface area contributed by atoms with Crippen LogP contribution in [0.25, 0.3) is 5.65 Å². The molecule has 31 heavy (non-hydrogen) atoms. The zero-order valence-electron chi connectivity index (χ0n) is 16.1. The molecule has 4 aromatic rings. The molecule has 3 heterocycles. The Morgan fingerprint density at radius 3 is 2.39 bits per heavy atom. The van der Waals surface area contributed by atoms with E-state index < -0.39 is 17.8 Å². The molecule has 2 aromatic heterocycles. The smallest absolute Gasteiger partial charge is 0.364 e. The van der Waals surface area contributed by atoms with Crippen LogP contribution < -0.4 is 4.74 Å². The number of imide groups is 1. The second-order valence-electron chi connectivity index (χ2n) is 6.84. The average Bonchev–Trinajstić information content (AvgIpc) is 3.32. The van der Waals surface area contributed by atoms with Crippen molar-refractivity contribution >= 4 is 23.4 Å². The van der Waals surface area contributed by atoms with E-state index in [0.717, 1.165) is 11.3 Å². The number of hydroxylamine groups is 2. The van der Waals surface area contributed by atoms with Crippen molar-refractivity contribution in [3.63, 3.8) is 0 Å². The monoisotopic (exact) mass is 413 g/mol. The van der Waals surface area contributed by atoms with Crippen LogP contribution in [0.5, 0.6) is 5.75 Å². The summed E-state index contributed by atoms with van der Waals surface area (Å²) in [5, 5.41) is 0.483. The highest BCUT2D eigenvalue weighted by molar-refractivity contribution is 6.21. The topological polar surface area (TPSA) is 90.2 Å². The number of carbonyl (C=O) groups is 3. The van der Waals surface area contributed by atoms with Gasteiger partial charge >= 0.3 is 5.97 Å². The van der Waals surface area contributed by atoms with Gasteiger partial charge in [0.25, 0.3) is 11.8 Å². The number of benzene rings is 2. The van der Waals surface area contributed by atoms with Crippen molar-refractivity contribution in [3.8, 4) is 5.75 Å². The summed E-state index contributed by atoms with van der Waals surface area (Å²) in [5.74, 6) is -1.76. The first-order valence-corrected chi connectivity index (χ1v) is 9.46. The van der Waals surface area contributed by atoms with Crippen LogP contribution in [0.4, 0.5) is 0 Å². The molecular formula is C23H15N3O5. The zero-order valence-corrected chi connectivity index (χ0v) is 16.1. The number of rotatable bonds is 5. The van der Waals surface area contributed by atoms with E-state index in [1.54, 1.807) is 24.3 Å². The third-order valence-electron chi connectivity index (χ3n) is 4.80. The maximum Gasteiger partial charge on any atom is 0.364 e. The molecule has 2 amide bonds. The Kier molecular flexibility index (Phi) is 4.44. The van der Waals surface area contributed by atoms with Crippen LogP contribution in [0.15, 0.2) is 79.1 Å². The number of fused-ring (bicyclic) bond motifs is 2. The van der Waals surface area contributed by atoms with Crippen LogP contribution in [-0.4, -0.2) is 32.2 Å². The van der Waals surface area contributed by atoms with E-state index in [0.29, 0.717) is 10.8 Å². The van der Waals surface area contributed by atoms with E-state index in [2.05, 4.69) is 4.98 Å². The van der Waals surface area contributed by atoms with Crippen LogP contribution in [0.1, 0.15) is 36.8 Å². The molecule has 8 nitrogen and oxygen atoms in total. The molecule has 0 atom stereocenters. The fourth-order valence-electron chi connectivity index (χ4n) is 3.31. The van der Waals surface area contributed by atoms with E-state index >= 15 is 0 Å². The van der Waals surface area contributed by atoms with Crippen LogP contribution in [-0.2, 0) is 11.4 Å². The first-order valence-electron chi connectivity index (χ1n) is 9.46. The molecule has 0 saturated heterocycles. The molecule has 2 aromatic carbocycles. The normalized spacial score (nSPS) is 12.8. The molecule has 0 aliphatic carbocycles. The maximum absolute atomic E-state index is 12.5. The predicted octanol–water partition coefficient (Wildman–Crippen LogP) is 3.28. The van der Waals surface area contributed by atoms with E-state index in [1.165, 1.54) is 24.3 Å². The van der Waals surface area contributed by atoms with Gasteiger partial charge in [-0.25, -0.2) is 9.78 Å². The van der Waals surface area contributed by atoms with Crippen molar-refractivity contribution < 1.29 is 24.0 Å². The molecule has 0 fully saturated rings. The van der Waals surface area contributed by atoms with Crippen LogP contribution >= 0.6 is 0 Å². The van der Waals surface area contributed by atoms with Crippen molar-refractivity contribution in [3.05, 3.63) is 102 Å². The van der Waals surface area contributed by atoms with Gasteiger partial charge in [0.05, 0.1) is 22.4 Å². The largest absolute Gasteiger partial charge is 0.487 e. The Hall–Kier alpha value is -4.46. The van der Waals surface area contributed by atoms with E-state index in [9.17, 15) is 14.4 Å². The molecule has 8 heteroatoms. The van der Waals surface area contributed by atoms with Gasteiger partial charge in [-0.15, -0.1) is 0 Å². The summed E-state index contributed by atoms with van der Waals surface area (Å²) in [6, 6.07) is 18.3. The zero-order chi connectivity index (χ0) is 21.4. The minimum absolute atomic E-state index is 0.143. The lowest BCUT2D eigenvalue weighted by Crippen LogP contribution is -2.32. The number of imidazole rings is 1. The number of nitrogens with zero attached hydrogens (tertiary/aromatic N) is 3. The van der Waals surface area contributed by atoms with Gasteiger partial charge in [0.1, 0.15) is 18.0 Å². The summed E-state index contributed by atoms with van der Waals surface area (Å²) in [7, 11) is 0. The lowest BCUT2D eigenvalue weighted by molar-refractivity contribution is -0.0584.